The average molecular weight is 299 g/mol. The molecule has 0 saturated heterocycles. The minimum atomic E-state index is -0.803. The SMILES string of the molecule is C1=Cc2ccccc2ON1.O=C(O)CCc1ccc(O)cc1. The molecule has 114 valence electrons. The summed E-state index contributed by atoms with van der Waals surface area (Å²) < 4.78 is 0. The third-order valence-corrected chi connectivity index (χ3v) is 2.98. The maximum atomic E-state index is 10.2. The number of para-hydroxylation sites is 1. The van der Waals surface area contributed by atoms with Gasteiger partial charge >= 0.3 is 5.97 Å². The molecule has 0 atom stereocenters. The van der Waals surface area contributed by atoms with Crippen LogP contribution in [0.15, 0.2) is 54.7 Å². The molecule has 3 rings (SSSR count). The van der Waals surface area contributed by atoms with Crippen LogP contribution in [0.4, 0.5) is 0 Å². The fourth-order valence-electron chi connectivity index (χ4n) is 1.85. The molecule has 0 spiro atoms. The van der Waals surface area contributed by atoms with E-state index in [0.29, 0.717) is 6.42 Å². The van der Waals surface area contributed by atoms with Gasteiger partial charge in [0.1, 0.15) is 5.75 Å². The highest BCUT2D eigenvalue weighted by Crippen LogP contribution is 2.20. The molecule has 1 aliphatic heterocycles. The van der Waals surface area contributed by atoms with Crippen LogP contribution in [0.2, 0.25) is 0 Å². The van der Waals surface area contributed by atoms with E-state index in [1.165, 1.54) is 0 Å². The number of carboxylic acids is 1. The van der Waals surface area contributed by atoms with Crippen LogP contribution in [0.5, 0.6) is 11.5 Å². The van der Waals surface area contributed by atoms with E-state index in [2.05, 4.69) is 5.48 Å². The number of hydroxylamine groups is 1. The van der Waals surface area contributed by atoms with E-state index in [1.54, 1.807) is 30.5 Å². The largest absolute Gasteiger partial charge is 0.508 e. The van der Waals surface area contributed by atoms with Gasteiger partial charge in [-0.25, -0.2) is 5.48 Å². The van der Waals surface area contributed by atoms with Crippen molar-refractivity contribution in [1.82, 2.24) is 5.48 Å². The molecule has 3 N–H and O–H groups in total. The van der Waals surface area contributed by atoms with Gasteiger partial charge in [0.25, 0.3) is 0 Å². The Morgan fingerprint density at radius 2 is 1.82 bits per heavy atom. The Balaban J connectivity index is 0.000000162. The van der Waals surface area contributed by atoms with Crippen LogP contribution in [0.1, 0.15) is 17.5 Å². The van der Waals surface area contributed by atoms with Crippen LogP contribution in [0.25, 0.3) is 6.08 Å². The molecule has 5 nitrogen and oxygen atoms in total. The second-order valence-electron chi connectivity index (χ2n) is 4.65. The van der Waals surface area contributed by atoms with Crippen LogP contribution in [0, 0.1) is 0 Å². The van der Waals surface area contributed by atoms with Crippen molar-refractivity contribution >= 4 is 12.0 Å². The summed E-state index contributed by atoms with van der Waals surface area (Å²) in [5.41, 5.74) is 4.70. The Labute approximate surface area is 128 Å². The molecule has 0 radical (unpaired) electrons. The number of hydrogen-bond acceptors (Lipinski definition) is 4. The Morgan fingerprint density at radius 3 is 2.50 bits per heavy atom. The molecule has 0 amide bonds. The highest BCUT2D eigenvalue weighted by atomic mass is 16.6. The van der Waals surface area contributed by atoms with Crippen LogP contribution in [-0.2, 0) is 11.2 Å². The molecule has 5 heteroatoms. The predicted molar refractivity (Wildman–Crippen MR) is 83.3 cm³/mol. The van der Waals surface area contributed by atoms with Gasteiger partial charge in [-0.1, -0.05) is 30.3 Å². The summed E-state index contributed by atoms with van der Waals surface area (Å²) in [5, 5.41) is 17.3. The number of rotatable bonds is 3. The summed E-state index contributed by atoms with van der Waals surface area (Å²) in [5.74, 6) is 0.280. The quantitative estimate of drug-likeness (QED) is 0.812. The Morgan fingerprint density at radius 1 is 1.09 bits per heavy atom. The van der Waals surface area contributed by atoms with Gasteiger partial charge in [-0.15, -0.1) is 0 Å². The van der Waals surface area contributed by atoms with E-state index in [-0.39, 0.29) is 12.2 Å². The third kappa shape index (κ3) is 4.86. The number of phenols is 1. The summed E-state index contributed by atoms with van der Waals surface area (Å²) in [6, 6.07) is 14.4. The highest BCUT2D eigenvalue weighted by Gasteiger charge is 2.01. The number of aryl methyl sites for hydroxylation is 1. The smallest absolute Gasteiger partial charge is 0.303 e. The van der Waals surface area contributed by atoms with E-state index in [4.69, 9.17) is 15.1 Å². The molecule has 2 aromatic carbocycles. The summed E-state index contributed by atoms with van der Waals surface area (Å²) in [6.07, 6.45) is 4.38. The summed E-state index contributed by atoms with van der Waals surface area (Å²) in [7, 11) is 0. The van der Waals surface area contributed by atoms with Gasteiger partial charge in [0.05, 0.1) is 0 Å². The zero-order valence-electron chi connectivity index (χ0n) is 11.9. The molecule has 0 saturated carbocycles. The normalized spacial score (nSPS) is 11.3. The number of phenolic OH excluding ortho intramolecular Hbond substituents is 1. The van der Waals surface area contributed by atoms with Crippen molar-refractivity contribution < 1.29 is 19.8 Å². The molecule has 22 heavy (non-hydrogen) atoms. The number of hydrogen-bond donors (Lipinski definition) is 3. The van der Waals surface area contributed by atoms with Gasteiger partial charge in [-0.3, -0.25) is 4.79 Å². The van der Waals surface area contributed by atoms with Gasteiger partial charge in [0.15, 0.2) is 5.75 Å². The molecule has 0 unspecified atom stereocenters. The van der Waals surface area contributed by atoms with Crippen molar-refractivity contribution in [2.75, 3.05) is 0 Å². The average Bonchev–Trinajstić information content (AvgIpc) is 2.55. The number of benzene rings is 2. The van der Waals surface area contributed by atoms with Crippen LogP contribution in [0.3, 0.4) is 0 Å². The Hall–Kier alpha value is -2.95. The van der Waals surface area contributed by atoms with Crippen LogP contribution >= 0.6 is 0 Å². The van der Waals surface area contributed by atoms with E-state index < -0.39 is 5.97 Å². The summed E-state index contributed by atoms with van der Waals surface area (Å²) >= 11 is 0. The molecular formula is C17H17NO4. The zero-order valence-corrected chi connectivity index (χ0v) is 11.9. The number of aromatic hydroxyl groups is 1. The first kappa shape index (κ1) is 15.4. The number of nitrogens with one attached hydrogen (secondary N) is 1. The lowest BCUT2D eigenvalue weighted by molar-refractivity contribution is -0.136. The molecule has 0 aromatic heterocycles. The van der Waals surface area contributed by atoms with Gasteiger partial charge < -0.3 is 15.1 Å². The summed E-state index contributed by atoms with van der Waals surface area (Å²) in [4.78, 5) is 15.3. The maximum absolute atomic E-state index is 10.2. The van der Waals surface area contributed by atoms with E-state index >= 15 is 0 Å². The first-order valence-corrected chi connectivity index (χ1v) is 6.83. The molecule has 0 fully saturated rings. The number of aliphatic carboxylic acids is 1. The van der Waals surface area contributed by atoms with Crippen molar-refractivity contribution in [3.8, 4) is 11.5 Å². The van der Waals surface area contributed by atoms with E-state index in [0.717, 1.165) is 16.9 Å². The second kappa shape index (κ2) is 7.73. The van der Waals surface area contributed by atoms with Crippen molar-refractivity contribution in [1.29, 1.82) is 0 Å². The molecule has 0 aliphatic carbocycles. The number of fused-ring (bicyclic) bond motifs is 1. The summed E-state index contributed by atoms with van der Waals surface area (Å²) in [6.45, 7) is 0. The first-order valence-electron chi connectivity index (χ1n) is 6.83. The lowest BCUT2D eigenvalue weighted by atomic mass is 10.1. The second-order valence-corrected chi connectivity index (χ2v) is 4.65. The Bertz CT molecular complexity index is 650. The molecule has 0 bridgehead atoms. The lowest BCUT2D eigenvalue weighted by Gasteiger charge is -2.11. The minimum absolute atomic E-state index is 0.130. The monoisotopic (exact) mass is 299 g/mol. The Kier molecular flexibility index (Phi) is 5.43. The fraction of sp³-hybridized carbons (Fsp3) is 0.118. The molecule has 2 aromatic rings. The lowest BCUT2D eigenvalue weighted by Crippen LogP contribution is -2.13. The van der Waals surface area contributed by atoms with Gasteiger partial charge in [-0.05, 0) is 36.3 Å². The molecular weight excluding hydrogens is 282 g/mol. The van der Waals surface area contributed by atoms with Gasteiger partial charge in [-0.2, -0.15) is 0 Å². The number of carboxylic acid groups (broad SMARTS) is 1. The van der Waals surface area contributed by atoms with Crippen LogP contribution in [-0.4, -0.2) is 16.2 Å². The maximum Gasteiger partial charge on any atom is 0.303 e. The van der Waals surface area contributed by atoms with Gasteiger partial charge in [0, 0.05) is 18.2 Å². The van der Waals surface area contributed by atoms with Crippen molar-refractivity contribution in [3.63, 3.8) is 0 Å². The molecule has 1 aliphatic rings. The third-order valence-electron chi connectivity index (χ3n) is 2.98. The minimum Gasteiger partial charge on any atom is -0.508 e. The van der Waals surface area contributed by atoms with Crippen LogP contribution < -0.4 is 10.3 Å². The zero-order chi connectivity index (χ0) is 15.8. The van der Waals surface area contributed by atoms with Gasteiger partial charge in [0.2, 0.25) is 0 Å². The highest BCUT2D eigenvalue weighted by molar-refractivity contribution is 5.67. The topological polar surface area (TPSA) is 78.8 Å². The van der Waals surface area contributed by atoms with E-state index in [1.807, 2.05) is 30.3 Å². The predicted octanol–water partition coefficient (Wildman–Crippen LogP) is 2.96. The van der Waals surface area contributed by atoms with Crippen molar-refractivity contribution in [2.45, 2.75) is 12.8 Å². The fourth-order valence-corrected chi connectivity index (χ4v) is 1.85. The van der Waals surface area contributed by atoms with E-state index in [9.17, 15) is 4.79 Å². The standard InChI is InChI=1S/C9H10O3.C8H7NO/c10-8-4-1-7(2-5-8)3-6-9(11)12;1-2-4-8-7(3-1)5-6-9-10-8/h1-2,4-5,10H,3,6H2,(H,11,12);1-6,9H. The first-order chi connectivity index (χ1) is 10.6. The number of carbonyl (C=O) groups is 1. The van der Waals surface area contributed by atoms with Crippen molar-refractivity contribution in [3.05, 3.63) is 65.9 Å². The van der Waals surface area contributed by atoms with Crippen molar-refractivity contribution in [2.24, 2.45) is 0 Å². The molecule has 1 heterocycles.